The smallest absolute Gasteiger partial charge is 0.326 e. The third kappa shape index (κ3) is 5.65. The van der Waals surface area contributed by atoms with Crippen LogP contribution in [0, 0.1) is 11.8 Å². The molecule has 0 aliphatic heterocycles. The predicted molar refractivity (Wildman–Crippen MR) is 64.8 cm³/mol. The Balaban J connectivity index is 4.55. The van der Waals surface area contributed by atoms with Crippen molar-refractivity contribution in [2.45, 2.75) is 40.2 Å². The molecular weight excluding hydrogens is 238 g/mol. The van der Waals surface area contributed by atoms with E-state index in [1.54, 1.807) is 27.7 Å². The molecule has 0 radical (unpaired) electrons. The zero-order valence-electron chi connectivity index (χ0n) is 11.2. The average molecular weight is 259 g/mol. The van der Waals surface area contributed by atoms with E-state index in [4.69, 9.17) is 9.84 Å². The lowest BCUT2D eigenvalue weighted by Crippen LogP contribution is -2.47. The summed E-state index contributed by atoms with van der Waals surface area (Å²) < 4.78 is 4.75. The highest BCUT2D eigenvalue weighted by molar-refractivity contribution is 5.85. The van der Waals surface area contributed by atoms with Crippen LogP contribution in [0.15, 0.2) is 0 Å². The lowest BCUT2D eigenvalue weighted by molar-refractivity contribution is -0.147. The Morgan fingerprint density at radius 2 is 1.78 bits per heavy atom. The number of esters is 1. The van der Waals surface area contributed by atoms with Gasteiger partial charge in [0.25, 0.3) is 0 Å². The van der Waals surface area contributed by atoms with Crippen LogP contribution in [0.25, 0.3) is 0 Å². The van der Waals surface area contributed by atoms with Gasteiger partial charge in [0.2, 0.25) is 5.91 Å². The standard InChI is InChI=1S/C12H21NO5/c1-5-18-9(14)6-8(4)10(12(16)17)13-11(15)7(2)3/h7-8,10H,5-6H2,1-4H3,(H,13,15)(H,16,17)/t8-,10-/m0/s1. The van der Waals surface area contributed by atoms with Crippen LogP contribution < -0.4 is 5.32 Å². The molecule has 6 heteroatoms. The van der Waals surface area contributed by atoms with E-state index in [0.29, 0.717) is 0 Å². The van der Waals surface area contributed by atoms with Crippen molar-refractivity contribution in [3.63, 3.8) is 0 Å². The first-order valence-corrected chi connectivity index (χ1v) is 5.98. The van der Waals surface area contributed by atoms with E-state index in [0.717, 1.165) is 0 Å². The summed E-state index contributed by atoms with van der Waals surface area (Å²) in [5.74, 6) is -2.79. The maximum absolute atomic E-state index is 11.5. The third-order valence-corrected chi connectivity index (χ3v) is 2.45. The van der Waals surface area contributed by atoms with Gasteiger partial charge in [-0.15, -0.1) is 0 Å². The molecule has 2 N–H and O–H groups in total. The Labute approximate surface area is 107 Å². The van der Waals surface area contributed by atoms with E-state index in [2.05, 4.69) is 5.32 Å². The molecule has 18 heavy (non-hydrogen) atoms. The van der Waals surface area contributed by atoms with Crippen molar-refractivity contribution in [2.24, 2.45) is 11.8 Å². The fourth-order valence-corrected chi connectivity index (χ4v) is 1.37. The van der Waals surface area contributed by atoms with Gasteiger partial charge in [0.05, 0.1) is 13.0 Å². The zero-order valence-corrected chi connectivity index (χ0v) is 11.2. The number of carboxylic acid groups (broad SMARTS) is 1. The number of carboxylic acids is 1. The minimum Gasteiger partial charge on any atom is -0.480 e. The number of aliphatic carboxylic acids is 1. The van der Waals surface area contributed by atoms with E-state index in [9.17, 15) is 14.4 Å². The van der Waals surface area contributed by atoms with E-state index >= 15 is 0 Å². The van der Waals surface area contributed by atoms with Crippen LogP contribution in [0.3, 0.4) is 0 Å². The molecule has 0 aliphatic rings. The molecule has 0 bridgehead atoms. The van der Waals surface area contributed by atoms with Gasteiger partial charge in [-0.1, -0.05) is 20.8 Å². The Bertz CT molecular complexity index is 314. The molecule has 0 aromatic heterocycles. The first-order chi connectivity index (χ1) is 8.29. The number of carbonyl (C=O) groups is 3. The Kier molecular flexibility index (Phi) is 7.00. The third-order valence-electron chi connectivity index (χ3n) is 2.45. The molecule has 0 saturated heterocycles. The van der Waals surface area contributed by atoms with E-state index in [-0.39, 0.29) is 24.9 Å². The SMILES string of the molecule is CCOC(=O)C[C@H](C)[C@H](NC(=O)C(C)C)C(=O)O. The largest absolute Gasteiger partial charge is 0.480 e. The highest BCUT2D eigenvalue weighted by Gasteiger charge is 2.29. The van der Waals surface area contributed by atoms with Crippen LogP contribution in [0.1, 0.15) is 34.1 Å². The van der Waals surface area contributed by atoms with Gasteiger partial charge in [-0.25, -0.2) is 4.79 Å². The number of rotatable bonds is 7. The number of hydrogen-bond donors (Lipinski definition) is 2. The second-order valence-corrected chi connectivity index (χ2v) is 4.47. The van der Waals surface area contributed by atoms with Gasteiger partial charge >= 0.3 is 11.9 Å². The van der Waals surface area contributed by atoms with Gasteiger partial charge < -0.3 is 15.2 Å². The van der Waals surface area contributed by atoms with Crippen molar-refractivity contribution in [3.05, 3.63) is 0 Å². The predicted octanol–water partition coefficient (Wildman–Crippen LogP) is 0.801. The van der Waals surface area contributed by atoms with Crippen LogP contribution in [-0.2, 0) is 19.1 Å². The fourth-order valence-electron chi connectivity index (χ4n) is 1.37. The zero-order chi connectivity index (χ0) is 14.3. The normalized spacial score (nSPS) is 13.8. The van der Waals surface area contributed by atoms with Crippen LogP contribution in [-0.4, -0.2) is 35.6 Å². The number of amides is 1. The molecule has 104 valence electrons. The molecule has 0 fully saturated rings. The van der Waals surface area contributed by atoms with Crippen molar-refractivity contribution in [1.29, 1.82) is 0 Å². The lowest BCUT2D eigenvalue weighted by atomic mass is 9.97. The monoisotopic (exact) mass is 259 g/mol. The lowest BCUT2D eigenvalue weighted by Gasteiger charge is -2.21. The van der Waals surface area contributed by atoms with Crippen molar-refractivity contribution in [1.82, 2.24) is 5.32 Å². The van der Waals surface area contributed by atoms with Crippen molar-refractivity contribution >= 4 is 17.8 Å². The Morgan fingerprint density at radius 3 is 2.17 bits per heavy atom. The highest BCUT2D eigenvalue weighted by atomic mass is 16.5. The first-order valence-electron chi connectivity index (χ1n) is 5.98. The van der Waals surface area contributed by atoms with Crippen molar-refractivity contribution < 1.29 is 24.2 Å². The summed E-state index contributed by atoms with van der Waals surface area (Å²) in [7, 11) is 0. The summed E-state index contributed by atoms with van der Waals surface area (Å²) in [5, 5.41) is 11.5. The molecule has 2 atom stereocenters. The maximum atomic E-state index is 11.5. The molecule has 0 saturated carbocycles. The van der Waals surface area contributed by atoms with Gasteiger partial charge in [0, 0.05) is 5.92 Å². The number of nitrogens with one attached hydrogen (secondary N) is 1. The summed E-state index contributed by atoms with van der Waals surface area (Å²) in [5.41, 5.74) is 0. The molecule has 0 unspecified atom stereocenters. The number of carbonyl (C=O) groups excluding carboxylic acids is 2. The van der Waals surface area contributed by atoms with Crippen LogP contribution in [0.5, 0.6) is 0 Å². The van der Waals surface area contributed by atoms with Crippen molar-refractivity contribution in [2.75, 3.05) is 6.61 Å². The minimum absolute atomic E-state index is 0.0385. The summed E-state index contributed by atoms with van der Waals surface area (Å²) in [6, 6.07) is -1.08. The average Bonchev–Trinajstić information content (AvgIpc) is 2.24. The van der Waals surface area contributed by atoms with Crippen LogP contribution in [0.4, 0.5) is 0 Å². The summed E-state index contributed by atoms with van der Waals surface area (Å²) in [6.07, 6.45) is -0.0385. The highest BCUT2D eigenvalue weighted by Crippen LogP contribution is 2.11. The van der Waals surface area contributed by atoms with Gasteiger partial charge in [-0.3, -0.25) is 9.59 Å². The minimum atomic E-state index is -1.15. The van der Waals surface area contributed by atoms with E-state index in [1.165, 1.54) is 0 Å². The van der Waals surface area contributed by atoms with E-state index in [1.807, 2.05) is 0 Å². The van der Waals surface area contributed by atoms with Gasteiger partial charge in [-0.2, -0.15) is 0 Å². The Hall–Kier alpha value is -1.59. The fraction of sp³-hybridized carbons (Fsp3) is 0.750. The second kappa shape index (κ2) is 7.68. The maximum Gasteiger partial charge on any atom is 0.326 e. The van der Waals surface area contributed by atoms with Crippen LogP contribution in [0.2, 0.25) is 0 Å². The Morgan fingerprint density at radius 1 is 1.22 bits per heavy atom. The molecular formula is C12H21NO5. The molecule has 1 amide bonds. The quantitative estimate of drug-likeness (QED) is 0.660. The summed E-state index contributed by atoms with van der Waals surface area (Å²) in [6.45, 7) is 6.87. The van der Waals surface area contributed by atoms with Crippen molar-refractivity contribution in [3.8, 4) is 0 Å². The topological polar surface area (TPSA) is 92.7 Å². The van der Waals surface area contributed by atoms with Gasteiger partial charge in [-0.05, 0) is 12.8 Å². The van der Waals surface area contributed by atoms with Crippen LogP contribution >= 0.6 is 0 Å². The van der Waals surface area contributed by atoms with E-state index < -0.39 is 23.9 Å². The first kappa shape index (κ1) is 16.4. The molecule has 0 aromatic rings. The van der Waals surface area contributed by atoms with Gasteiger partial charge in [0.15, 0.2) is 0 Å². The number of ether oxygens (including phenoxy) is 1. The molecule has 0 spiro atoms. The molecule has 6 nitrogen and oxygen atoms in total. The summed E-state index contributed by atoms with van der Waals surface area (Å²) >= 11 is 0. The molecule has 0 rings (SSSR count). The summed E-state index contributed by atoms with van der Waals surface area (Å²) in [4.78, 5) is 33.8. The second-order valence-electron chi connectivity index (χ2n) is 4.47. The van der Waals surface area contributed by atoms with Gasteiger partial charge in [0.1, 0.15) is 6.04 Å². The molecule has 0 aliphatic carbocycles. The molecule has 0 aromatic carbocycles. The number of hydrogen-bond acceptors (Lipinski definition) is 4. The molecule has 0 heterocycles.